The van der Waals surface area contributed by atoms with Gasteiger partial charge in [-0.1, -0.05) is 131 Å². The van der Waals surface area contributed by atoms with Crippen molar-refractivity contribution >= 4 is 43.6 Å². The first-order valence-corrected chi connectivity index (χ1v) is 28.2. The summed E-state index contributed by atoms with van der Waals surface area (Å²) in [6.07, 6.45) is -4.65. The number of aromatic nitrogens is 2. The second-order valence-corrected chi connectivity index (χ2v) is 22.8. The standard InChI is InChI=1S/C77H57F3N4/c1-44-9-21-61(48(5)31-44)52-14-26-72-68(36-52)69-37-53(62-22-10-45(2)32-49(62)6)15-27-73(69)83(72)60-20-13-57(42-81)66(41-60)67-40-56(65-25-19-59(77(78,79)80)35-58(65)43-82)18-30-74(67)84-75-28-16-54(63-23-11-46(3)33-50(63)7)38-70(75)71-39-55(17-29-76(71)84)64-24-12-47(4)34-51(64)8/h9-41H,1-8H3. The molecule has 13 rings (SSSR count). The van der Waals surface area contributed by atoms with E-state index in [1.54, 1.807) is 0 Å². The van der Waals surface area contributed by atoms with Gasteiger partial charge in [0.15, 0.2) is 0 Å². The maximum Gasteiger partial charge on any atom is 0.416 e. The molecule has 13 aromatic rings. The first kappa shape index (κ1) is 53.1. The molecule has 0 aliphatic carbocycles. The summed E-state index contributed by atoms with van der Waals surface area (Å²) in [4.78, 5) is 0. The summed E-state index contributed by atoms with van der Waals surface area (Å²) < 4.78 is 47.2. The van der Waals surface area contributed by atoms with Crippen molar-refractivity contribution in [1.82, 2.24) is 9.13 Å². The van der Waals surface area contributed by atoms with Crippen LogP contribution in [0.5, 0.6) is 0 Å². The van der Waals surface area contributed by atoms with E-state index in [9.17, 15) is 23.7 Å². The summed E-state index contributed by atoms with van der Waals surface area (Å²) >= 11 is 0. The molecule has 0 saturated heterocycles. The number of fused-ring (bicyclic) bond motifs is 6. The SMILES string of the molecule is Cc1ccc(-c2ccc3c(c2)c2cc(-c4ccc(C)cc4C)ccc2n3-c2ccc(C#N)c(-c3cc(-c4ccc(C(F)(F)F)cc4C#N)ccc3-n3c4ccc(-c5ccc(C)cc5C)cc4c4cc(-c5ccc(C)cc5C)ccc43)c2)c(C)c1. The van der Waals surface area contributed by atoms with Crippen molar-refractivity contribution in [3.05, 3.63) is 261 Å². The van der Waals surface area contributed by atoms with Crippen molar-refractivity contribution in [2.24, 2.45) is 0 Å². The molecule has 0 fully saturated rings. The van der Waals surface area contributed by atoms with Crippen LogP contribution in [0.15, 0.2) is 200 Å². The lowest BCUT2D eigenvalue weighted by Gasteiger charge is -2.19. The highest BCUT2D eigenvalue weighted by Crippen LogP contribution is 2.45. The fraction of sp³-hybridized carbons (Fsp3) is 0.117. The number of hydrogen-bond acceptors (Lipinski definition) is 2. The topological polar surface area (TPSA) is 57.4 Å². The van der Waals surface area contributed by atoms with E-state index < -0.39 is 11.7 Å². The normalized spacial score (nSPS) is 11.7. The number of aryl methyl sites for hydroxylation is 8. The van der Waals surface area contributed by atoms with Crippen molar-refractivity contribution in [3.8, 4) is 90.3 Å². The molecule has 0 atom stereocenters. The van der Waals surface area contributed by atoms with Crippen LogP contribution in [0.25, 0.3) is 122 Å². The molecule has 0 amide bonds. The molecule has 2 aromatic heterocycles. The molecule has 0 radical (unpaired) electrons. The third kappa shape index (κ3) is 9.10. The number of rotatable bonds is 8. The molecule has 84 heavy (non-hydrogen) atoms. The smallest absolute Gasteiger partial charge is 0.309 e. The molecular weight excluding hydrogens is 1040 g/mol. The van der Waals surface area contributed by atoms with Crippen LogP contribution in [0, 0.1) is 78.1 Å². The van der Waals surface area contributed by atoms with Crippen molar-refractivity contribution in [2.45, 2.75) is 61.6 Å². The van der Waals surface area contributed by atoms with Crippen molar-refractivity contribution < 1.29 is 13.2 Å². The second-order valence-electron chi connectivity index (χ2n) is 22.8. The number of alkyl halides is 3. The molecule has 0 bridgehead atoms. The zero-order valence-corrected chi connectivity index (χ0v) is 48.0. The van der Waals surface area contributed by atoms with E-state index in [2.05, 4.69) is 228 Å². The van der Waals surface area contributed by atoms with Gasteiger partial charge in [0.25, 0.3) is 0 Å². The van der Waals surface area contributed by atoms with Crippen LogP contribution in [-0.4, -0.2) is 9.13 Å². The molecule has 0 N–H and O–H groups in total. The molecule has 406 valence electrons. The number of nitriles is 2. The third-order valence-corrected chi connectivity index (χ3v) is 17.0. The first-order chi connectivity index (χ1) is 40.4. The largest absolute Gasteiger partial charge is 0.416 e. The Bertz CT molecular complexity index is 4790. The predicted molar refractivity (Wildman–Crippen MR) is 340 cm³/mol. The van der Waals surface area contributed by atoms with Gasteiger partial charge in [0.05, 0.1) is 56.6 Å². The van der Waals surface area contributed by atoms with Gasteiger partial charge in [0, 0.05) is 38.4 Å². The quantitative estimate of drug-likeness (QED) is 0.152. The summed E-state index contributed by atoms with van der Waals surface area (Å²) in [5.41, 5.74) is 25.3. The van der Waals surface area contributed by atoms with Gasteiger partial charge in [-0.3, -0.25) is 0 Å². The summed E-state index contributed by atoms with van der Waals surface area (Å²) in [6.45, 7) is 17.0. The van der Waals surface area contributed by atoms with E-state index in [4.69, 9.17) is 0 Å². The van der Waals surface area contributed by atoms with Crippen LogP contribution in [0.4, 0.5) is 13.2 Å². The molecule has 2 heterocycles. The summed E-state index contributed by atoms with van der Waals surface area (Å²) in [6, 6.07) is 72.4. The molecule has 7 heteroatoms. The highest BCUT2D eigenvalue weighted by atomic mass is 19.4. The number of nitrogens with zero attached hydrogens (tertiary/aromatic N) is 4. The summed E-state index contributed by atoms with van der Waals surface area (Å²) in [7, 11) is 0. The van der Waals surface area contributed by atoms with Gasteiger partial charge in [-0.15, -0.1) is 0 Å². The highest BCUT2D eigenvalue weighted by molar-refractivity contribution is 6.14. The third-order valence-electron chi connectivity index (χ3n) is 17.0. The van der Waals surface area contributed by atoms with Crippen molar-refractivity contribution in [3.63, 3.8) is 0 Å². The van der Waals surface area contributed by atoms with Crippen LogP contribution in [-0.2, 0) is 6.18 Å². The minimum absolute atomic E-state index is 0.113. The van der Waals surface area contributed by atoms with Crippen LogP contribution < -0.4 is 0 Å². The number of halogens is 3. The molecule has 0 aliphatic heterocycles. The monoisotopic (exact) mass is 1090 g/mol. The highest BCUT2D eigenvalue weighted by Gasteiger charge is 2.31. The minimum atomic E-state index is -4.65. The van der Waals surface area contributed by atoms with Gasteiger partial charge in [-0.2, -0.15) is 23.7 Å². The van der Waals surface area contributed by atoms with Gasteiger partial charge in [0.1, 0.15) is 0 Å². The second kappa shape index (κ2) is 20.3. The summed E-state index contributed by atoms with van der Waals surface area (Å²) in [5, 5.41) is 26.0. The Morgan fingerprint density at radius 3 is 1.06 bits per heavy atom. The lowest BCUT2D eigenvalue weighted by molar-refractivity contribution is -0.137. The summed E-state index contributed by atoms with van der Waals surface area (Å²) in [5.74, 6) is 0. The first-order valence-electron chi connectivity index (χ1n) is 28.2. The predicted octanol–water partition coefficient (Wildman–Crippen LogP) is 21.1. The van der Waals surface area contributed by atoms with Crippen molar-refractivity contribution in [1.29, 1.82) is 10.5 Å². The van der Waals surface area contributed by atoms with Gasteiger partial charge in [-0.25, -0.2) is 0 Å². The maximum atomic E-state index is 14.2. The Morgan fingerprint density at radius 1 is 0.310 bits per heavy atom. The molecule has 11 aromatic carbocycles. The van der Waals surface area contributed by atoms with Crippen LogP contribution in [0.3, 0.4) is 0 Å². The molecule has 0 saturated carbocycles. The van der Waals surface area contributed by atoms with Gasteiger partial charge >= 0.3 is 6.18 Å². The fourth-order valence-corrected chi connectivity index (χ4v) is 13.0. The van der Waals surface area contributed by atoms with E-state index in [-0.39, 0.29) is 5.56 Å². The fourth-order valence-electron chi connectivity index (χ4n) is 13.0. The zero-order valence-electron chi connectivity index (χ0n) is 48.0. The molecule has 4 nitrogen and oxygen atoms in total. The van der Waals surface area contributed by atoms with Gasteiger partial charge < -0.3 is 9.13 Å². The minimum Gasteiger partial charge on any atom is -0.309 e. The zero-order chi connectivity index (χ0) is 58.5. The Labute approximate surface area is 487 Å². The van der Waals surface area contributed by atoms with E-state index in [1.165, 1.54) is 50.6 Å². The lowest BCUT2D eigenvalue weighted by Crippen LogP contribution is -2.05. The Balaban J connectivity index is 1.09. The van der Waals surface area contributed by atoms with Crippen LogP contribution >= 0.6 is 0 Å². The molecule has 0 aliphatic rings. The number of benzene rings is 11. The van der Waals surface area contributed by atoms with Crippen molar-refractivity contribution in [2.75, 3.05) is 0 Å². The lowest BCUT2D eigenvalue weighted by atomic mass is 9.91. The average molecular weight is 1100 g/mol. The van der Waals surface area contributed by atoms with E-state index in [0.717, 1.165) is 112 Å². The Morgan fingerprint density at radius 2 is 0.679 bits per heavy atom. The molecule has 0 unspecified atom stereocenters. The van der Waals surface area contributed by atoms with E-state index in [1.807, 2.05) is 30.3 Å². The van der Waals surface area contributed by atoms with E-state index in [0.29, 0.717) is 27.8 Å². The molecular formula is C77H57F3N4. The number of hydrogen-bond donors (Lipinski definition) is 0. The Kier molecular flexibility index (Phi) is 12.9. The molecule has 0 spiro atoms. The van der Waals surface area contributed by atoms with E-state index >= 15 is 0 Å². The van der Waals surface area contributed by atoms with Crippen LogP contribution in [0.1, 0.15) is 61.2 Å². The maximum absolute atomic E-state index is 14.2. The van der Waals surface area contributed by atoms with Gasteiger partial charge in [0.2, 0.25) is 0 Å². The van der Waals surface area contributed by atoms with Gasteiger partial charge in [-0.05, 0) is 224 Å². The average Bonchev–Trinajstić information content (AvgIpc) is 1.82. The Hall–Kier alpha value is -10.2. The van der Waals surface area contributed by atoms with Crippen LogP contribution in [0.2, 0.25) is 0 Å².